The number of aryl methyl sites for hydroxylation is 1. The highest BCUT2D eigenvalue weighted by atomic mass is 16.4. The van der Waals surface area contributed by atoms with Gasteiger partial charge in [0.25, 0.3) is 0 Å². The molecular formula is C6H8N4O3. The average molecular weight is 185 g/mol. The van der Waals surface area contributed by atoms with E-state index in [1.165, 1.54) is 6.92 Å². The summed E-state index contributed by atoms with van der Waals surface area (Å²) in [5, 5.41) is 15.2. The lowest BCUT2D eigenvalue weighted by atomic mass is 10.3. The third-order valence-electron chi connectivity index (χ3n) is 1.31. The van der Waals surface area contributed by atoms with Crippen molar-refractivity contribution in [3.05, 3.63) is 16.1 Å². The molecule has 1 aromatic heterocycles. The Kier molecular flexibility index (Phi) is 1.91. The van der Waals surface area contributed by atoms with Gasteiger partial charge in [-0.2, -0.15) is 9.36 Å². The number of aliphatic carboxylic acids is 1. The van der Waals surface area contributed by atoms with E-state index < -0.39 is 11.7 Å². The van der Waals surface area contributed by atoms with Gasteiger partial charge in [-0.3, -0.25) is 0 Å². The van der Waals surface area contributed by atoms with Crippen LogP contribution in [-0.2, 0) is 11.8 Å². The molecule has 0 aliphatic rings. The quantitative estimate of drug-likeness (QED) is 0.592. The second-order valence-corrected chi connectivity index (χ2v) is 2.32. The Labute approximate surface area is 74.3 Å². The molecule has 70 valence electrons. The zero-order valence-electron chi connectivity index (χ0n) is 7.84. The smallest absolute Gasteiger partial charge is 0.367 e. The highest BCUT2D eigenvalue weighted by Crippen LogP contribution is 1.91. The summed E-state index contributed by atoms with van der Waals surface area (Å²) in [6.45, 7) is 1.33. The summed E-state index contributed by atoms with van der Waals surface area (Å²) in [5.41, 5.74) is -0.676. The van der Waals surface area contributed by atoms with Gasteiger partial charge in [0.2, 0.25) is 0 Å². The van der Waals surface area contributed by atoms with Gasteiger partial charge in [-0.05, 0) is 17.4 Å². The Morgan fingerprint density at radius 2 is 2.38 bits per heavy atom. The number of carbonyl (C=O) groups is 1. The van der Waals surface area contributed by atoms with Gasteiger partial charge >= 0.3 is 11.7 Å². The zero-order valence-corrected chi connectivity index (χ0v) is 6.84. The average Bonchev–Trinajstić information content (AvgIpc) is 2.47. The van der Waals surface area contributed by atoms with Gasteiger partial charge in [-0.15, -0.1) is 0 Å². The molecule has 0 amide bonds. The van der Waals surface area contributed by atoms with Crippen LogP contribution in [0.3, 0.4) is 0 Å². The second-order valence-electron chi connectivity index (χ2n) is 2.32. The summed E-state index contributed by atoms with van der Waals surface area (Å²) in [4.78, 5) is 21.6. The van der Waals surface area contributed by atoms with Gasteiger partial charge in [-0.1, -0.05) is 0 Å². The van der Waals surface area contributed by atoms with E-state index in [9.17, 15) is 9.59 Å². The fourth-order valence-corrected chi connectivity index (χ4v) is 0.606. The Morgan fingerprint density at radius 1 is 1.69 bits per heavy atom. The minimum absolute atomic E-state index is 0.0378. The first-order valence-corrected chi connectivity index (χ1v) is 3.29. The number of tetrazole rings is 1. The van der Waals surface area contributed by atoms with Crippen molar-refractivity contribution in [2.24, 2.45) is 7.02 Å². The number of carboxylic acid groups (broad SMARTS) is 1. The van der Waals surface area contributed by atoms with Crippen molar-refractivity contribution in [2.45, 2.75) is 6.92 Å². The third-order valence-corrected chi connectivity index (χ3v) is 1.31. The molecule has 0 spiro atoms. The maximum absolute atomic E-state index is 11.2. The van der Waals surface area contributed by atoms with Gasteiger partial charge in [0, 0.05) is 14.6 Å². The fraction of sp³-hybridized carbons (Fsp3) is 0.333. The molecule has 0 bridgehead atoms. The van der Waals surface area contributed by atoms with Gasteiger partial charge in [0.15, 0.2) is 0 Å². The van der Waals surface area contributed by atoms with Crippen LogP contribution in [0.1, 0.15) is 8.29 Å². The molecule has 7 heteroatoms. The molecule has 0 aromatic carbocycles. The van der Waals surface area contributed by atoms with Crippen LogP contribution in [0.25, 0.3) is 6.20 Å². The third kappa shape index (κ3) is 1.81. The van der Waals surface area contributed by atoms with Crippen molar-refractivity contribution in [1.29, 1.82) is 0 Å². The lowest BCUT2D eigenvalue weighted by Crippen LogP contribution is -2.20. The highest BCUT2D eigenvalue weighted by Gasteiger charge is 2.03. The van der Waals surface area contributed by atoms with E-state index in [-0.39, 0.29) is 12.6 Å². The lowest BCUT2D eigenvalue weighted by Gasteiger charge is -1.90. The summed E-state index contributed by atoms with van der Waals surface area (Å²) in [6.07, 6.45) is 1.05. The van der Waals surface area contributed by atoms with Crippen molar-refractivity contribution >= 4 is 12.2 Å². The Bertz CT molecular complexity index is 433. The molecule has 0 fully saturated rings. The number of nitrogens with zero attached hydrogens (tertiary/aromatic N) is 4. The van der Waals surface area contributed by atoms with E-state index in [4.69, 9.17) is 6.48 Å². The van der Waals surface area contributed by atoms with Gasteiger partial charge in [0.1, 0.15) is 0 Å². The van der Waals surface area contributed by atoms with Crippen LogP contribution in [0.5, 0.6) is 0 Å². The molecule has 1 N–H and O–H groups in total. The number of aromatic nitrogens is 4. The molecule has 13 heavy (non-hydrogen) atoms. The lowest BCUT2D eigenvalue weighted by molar-refractivity contribution is -0.132. The van der Waals surface area contributed by atoms with Crippen LogP contribution in [0, 0.1) is 0 Å². The molecule has 1 aromatic rings. The first-order valence-electron chi connectivity index (χ1n) is 4.00. The van der Waals surface area contributed by atoms with E-state index >= 15 is 0 Å². The van der Waals surface area contributed by atoms with Crippen molar-refractivity contribution < 1.29 is 11.3 Å². The molecule has 0 saturated heterocycles. The van der Waals surface area contributed by atoms with Crippen molar-refractivity contribution in [3.63, 3.8) is 0 Å². The SMILES string of the molecule is [2H]Cn1nnn(C=C(C)C(=O)O)c1=O. The molecule has 7 nitrogen and oxygen atoms in total. The first kappa shape index (κ1) is 7.71. The fourth-order valence-electron chi connectivity index (χ4n) is 0.606. The number of hydrogen-bond acceptors (Lipinski definition) is 4. The predicted molar refractivity (Wildman–Crippen MR) is 42.8 cm³/mol. The molecule has 0 atom stereocenters. The summed E-state index contributed by atoms with van der Waals surface area (Å²) >= 11 is 0. The van der Waals surface area contributed by atoms with Crippen LogP contribution in [0.2, 0.25) is 0 Å². The zero-order chi connectivity index (χ0) is 10.7. The molecule has 0 aliphatic carbocycles. The van der Waals surface area contributed by atoms with Crippen LogP contribution in [-0.4, -0.2) is 30.9 Å². The number of hydrogen-bond donors (Lipinski definition) is 1. The molecule has 0 unspecified atom stereocenters. The molecule has 0 radical (unpaired) electrons. The maximum Gasteiger partial charge on any atom is 0.367 e. The van der Waals surface area contributed by atoms with Crippen LogP contribution < -0.4 is 5.69 Å². The topological polar surface area (TPSA) is 90.0 Å². The second kappa shape index (κ2) is 3.21. The van der Waals surface area contributed by atoms with E-state index in [0.717, 1.165) is 15.6 Å². The van der Waals surface area contributed by atoms with Crippen LogP contribution in [0.4, 0.5) is 0 Å². The standard InChI is InChI=1S/C6H8N4O3/c1-4(5(11)12)3-10-6(13)9(2)7-8-10/h3H,1-2H3,(H,11,12)/i2D. The van der Waals surface area contributed by atoms with Crippen LogP contribution in [0.15, 0.2) is 10.4 Å². The Morgan fingerprint density at radius 3 is 2.85 bits per heavy atom. The van der Waals surface area contributed by atoms with Crippen molar-refractivity contribution in [2.75, 3.05) is 0 Å². The number of carboxylic acids is 1. The highest BCUT2D eigenvalue weighted by molar-refractivity contribution is 5.89. The molecule has 1 heterocycles. The Hall–Kier alpha value is -1.92. The van der Waals surface area contributed by atoms with E-state index in [1.54, 1.807) is 0 Å². The van der Waals surface area contributed by atoms with Gasteiger partial charge in [-0.25, -0.2) is 9.59 Å². The molecule has 1 rings (SSSR count). The number of rotatable bonds is 2. The summed E-state index contributed by atoms with van der Waals surface area (Å²) in [7, 11) is -0.348. The monoisotopic (exact) mass is 185 g/mol. The molecule has 0 aliphatic heterocycles. The molecule has 0 saturated carbocycles. The van der Waals surface area contributed by atoms with E-state index in [0.29, 0.717) is 0 Å². The summed E-state index contributed by atoms with van der Waals surface area (Å²) < 4.78 is 8.45. The van der Waals surface area contributed by atoms with Gasteiger partial charge < -0.3 is 5.11 Å². The van der Waals surface area contributed by atoms with Gasteiger partial charge in [0.05, 0.1) is 5.57 Å². The predicted octanol–water partition coefficient (Wildman–Crippen LogP) is -1.08. The molecular weight excluding hydrogens is 176 g/mol. The largest absolute Gasteiger partial charge is 0.478 e. The van der Waals surface area contributed by atoms with E-state index in [1.807, 2.05) is 0 Å². The first-order chi connectivity index (χ1) is 6.56. The normalized spacial score (nSPS) is 12.7. The maximum atomic E-state index is 11.2. The minimum atomic E-state index is -1.14. The Balaban J connectivity index is 3.10. The van der Waals surface area contributed by atoms with Crippen molar-refractivity contribution in [1.82, 2.24) is 19.8 Å². The minimum Gasteiger partial charge on any atom is -0.478 e. The van der Waals surface area contributed by atoms with Crippen LogP contribution >= 0.6 is 0 Å². The van der Waals surface area contributed by atoms with E-state index in [2.05, 4.69) is 10.4 Å². The summed E-state index contributed by atoms with van der Waals surface area (Å²) in [5.74, 6) is -1.14. The summed E-state index contributed by atoms with van der Waals surface area (Å²) in [6, 6.07) is 0. The van der Waals surface area contributed by atoms with Crippen molar-refractivity contribution in [3.8, 4) is 0 Å².